The van der Waals surface area contributed by atoms with Crippen LogP contribution in [-0.4, -0.2) is 6.36 Å². The molecule has 1 aromatic carbocycles. The van der Waals surface area contributed by atoms with Crippen molar-refractivity contribution in [2.24, 2.45) is 0 Å². The van der Waals surface area contributed by atoms with E-state index in [2.05, 4.69) is 4.74 Å². The number of ether oxygens (including phenoxy) is 1. The number of anilines is 2. The summed E-state index contributed by atoms with van der Waals surface area (Å²) in [7, 11) is 0. The second-order valence-electron chi connectivity index (χ2n) is 2.43. The van der Waals surface area contributed by atoms with Gasteiger partial charge in [-0.2, -0.15) is 0 Å². The van der Waals surface area contributed by atoms with Crippen LogP contribution in [0.25, 0.3) is 0 Å². The highest BCUT2D eigenvalue weighted by molar-refractivity contribution is 5.70. The highest BCUT2D eigenvalue weighted by Gasteiger charge is 2.33. The van der Waals surface area contributed by atoms with Crippen LogP contribution >= 0.6 is 0 Å². The summed E-state index contributed by atoms with van der Waals surface area (Å²) < 4.78 is 51.4. The molecule has 0 unspecified atom stereocenters. The highest BCUT2D eigenvalue weighted by atomic mass is 19.4. The van der Waals surface area contributed by atoms with Gasteiger partial charge in [0.2, 0.25) is 0 Å². The second kappa shape index (κ2) is 3.24. The molecule has 4 N–H and O–H groups in total. The number of alkyl halides is 3. The van der Waals surface area contributed by atoms with Gasteiger partial charge in [0.1, 0.15) is 5.69 Å². The molecule has 0 radical (unpaired) electrons. The molecule has 0 amide bonds. The molecular formula is C7H6F4N2O. The molecule has 0 spiro atoms. The number of nitrogens with two attached hydrogens (primary N) is 2. The SMILES string of the molecule is Nc1ccc(F)c(OC(F)(F)F)c1N. The van der Waals surface area contributed by atoms with Gasteiger partial charge >= 0.3 is 6.36 Å². The van der Waals surface area contributed by atoms with E-state index in [1.165, 1.54) is 0 Å². The van der Waals surface area contributed by atoms with E-state index in [0.29, 0.717) is 0 Å². The molecule has 0 aromatic heterocycles. The first-order valence-corrected chi connectivity index (χ1v) is 3.40. The number of benzene rings is 1. The molecule has 0 fully saturated rings. The molecule has 14 heavy (non-hydrogen) atoms. The van der Waals surface area contributed by atoms with Crippen molar-refractivity contribution in [3.8, 4) is 5.75 Å². The minimum Gasteiger partial charge on any atom is -0.400 e. The summed E-state index contributed by atoms with van der Waals surface area (Å²) in [5, 5.41) is 0. The molecule has 0 aliphatic rings. The number of nitrogen functional groups attached to an aromatic ring is 2. The Morgan fingerprint density at radius 1 is 1.14 bits per heavy atom. The monoisotopic (exact) mass is 210 g/mol. The standard InChI is InChI=1S/C7H6F4N2O/c8-3-1-2-4(12)5(13)6(3)14-7(9,10)11/h1-2H,12-13H2. The van der Waals surface area contributed by atoms with Crippen LogP contribution < -0.4 is 16.2 Å². The van der Waals surface area contributed by atoms with Gasteiger partial charge in [-0.1, -0.05) is 0 Å². The molecule has 0 heterocycles. The van der Waals surface area contributed by atoms with Crippen molar-refractivity contribution in [1.29, 1.82) is 0 Å². The van der Waals surface area contributed by atoms with Crippen LogP contribution in [-0.2, 0) is 0 Å². The molecule has 0 aliphatic carbocycles. The van der Waals surface area contributed by atoms with Crippen LogP contribution in [0.5, 0.6) is 5.75 Å². The topological polar surface area (TPSA) is 61.3 Å². The summed E-state index contributed by atoms with van der Waals surface area (Å²) in [6.07, 6.45) is -5.00. The molecular weight excluding hydrogens is 204 g/mol. The lowest BCUT2D eigenvalue weighted by molar-refractivity contribution is -0.275. The smallest absolute Gasteiger partial charge is 0.400 e. The first-order chi connectivity index (χ1) is 6.31. The maximum atomic E-state index is 12.8. The number of rotatable bonds is 1. The summed E-state index contributed by atoms with van der Waals surface area (Å²) in [6.45, 7) is 0. The van der Waals surface area contributed by atoms with Crippen molar-refractivity contribution in [2.45, 2.75) is 6.36 Å². The molecule has 0 atom stereocenters. The lowest BCUT2D eigenvalue weighted by atomic mass is 10.2. The average molecular weight is 210 g/mol. The van der Waals surface area contributed by atoms with E-state index in [4.69, 9.17) is 11.5 Å². The van der Waals surface area contributed by atoms with E-state index in [9.17, 15) is 17.6 Å². The van der Waals surface area contributed by atoms with E-state index in [1.54, 1.807) is 0 Å². The number of hydrogen-bond acceptors (Lipinski definition) is 3. The van der Waals surface area contributed by atoms with Gasteiger partial charge in [-0.25, -0.2) is 4.39 Å². The van der Waals surface area contributed by atoms with Gasteiger partial charge in [0.05, 0.1) is 5.69 Å². The molecule has 1 rings (SSSR count). The Labute approximate surface area is 76.3 Å². The van der Waals surface area contributed by atoms with Gasteiger partial charge < -0.3 is 16.2 Å². The van der Waals surface area contributed by atoms with Crippen molar-refractivity contribution in [3.63, 3.8) is 0 Å². The van der Waals surface area contributed by atoms with E-state index in [1.807, 2.05) is 0 Å². The number of halogens is 4. The highest BCUT2D eigenvalue weighted by Crippen LogP contribution is 2.34. The molecule has 0 saturated carbocycles. The van der Waals surface area contributed by atoms with E-state index in [-0.39, 0.29) is 5.69 Å². The summed E-state index contributed by atoms with van der Waals surface area (Å²) in [5.74, 6) is -2.31. The third-order valence-electron chi connectivity index (χ3n) is 1.40. The zero-order valence-corrected chi connectivity index (χ0v) is 6.73. The van der Waals surface area contributed by atoms with Gasteiger partial charge in [0.25, 0.3) is 0 Å². The normalized spacial score (nSPS) is 11.4. The van der Waals surface area contributed by atoms with Crippen LogP contribution in [0.15, 0.2) is 12.1 Å². The summed E-state index contributed by atoms with van der Waals surface area (Å²) in [4.78, 5) is 0. The Balaban J connectivity index is 3.13. The maximum absolute atomic E-state index is 12.8. The average Bonchev–Trinajstić information content (AvgIpc) is 2.04. The van der Waals surface area contributed by atoms with Crippen molar-refractivity contribution >= 4 is 11.4 Å². The van der Waals surface area contributed by atoms with Crippen molar-refractivity contribution in [3.05, 3.63) is 17.9 Å². The zero-order chi connectivity index (χ0) is 10.9. The van der Waals surface area contributed by atoms with Gasteiger partial charge in [-0.15, -0.1) is 13.2 Å². The molecule has 0 bridgehead atoms. The Kier molecular flexibility index (Phi) is 2.41. The molecule has 0 saturated heterocycles. The Morgan fingerprint density at radius 2 is 1.71 bits per heavy atom. The molecule has 78 valence electrons. The van der Waals surface area contributed by atoms with Gasteiger partial charge in [0, 0.05) is 0 Å². The first-order valence-electron chi connectivity index (χ1n) is 3.40. The predicted molar refractivity (Wildman–Crippen MR) is 41.9 cm³/mol. The second-order valence-corrected chi connectivity index (χ2v) is 2.43. The summed E-state index contributed by atoms with van der Waals surface area (Å²) >= 11 is 0. The maximum Gasteiger partial charge on any atom is 0.573 e. The molecule has 0 aliphatic heterocycles. The molecule has 3 nitrogen and oxygen atoms in total. The fraction of sp³-hybridized carbons (Fsp3) is 0.143. The fourth-order valence-electron chi connectivity index (χ4n) is 0.808. The van der Waals surface area contributed by atoms with E-state index in [0.717, 1.165) is 12.1 Å². The minimum absolute atomic E-state index is 0.175. The largest absolute Gasteiger partial charge is 0.573 e. The summed E-state index contributed by atoms with van der Waals surface area (Å²) in [6, 6.07) is 1.79. The Morgan fingerprint density at radius 3 is 2.21 bits per heavy atom. The van der Waals surface area contributed by atoms with Crippen LogP contribution in [0.4, 0.5) is 28.9 Å². The fourth-order valence-corrected chi connectivity index (χ4v) is 0.808. The van der Waals surface area contributed by atoms with Crippen LogP contribution in [0.2, 0.25) is 0 Å². The third kappa shape index (κ3) is 2.18. The van der Waals surface area contributed by atoms with Gasteiger partial charge in [0.15, 0.2) is 11.6 Å². The number of hydrogen-bond donors (Lipinski definition) is 2. The Bertz CT molecular complexity index is 350. The lowest BCUT2D eigenvalue weighted by Gasteiger charge is -2.12. The lowest BCUT2D eigenvalue weighted by Crippen LogP contribution is -2.19. The molecule has 1 aromatic rings. The van der Waals surface area contributed by atoms with Crippen LogP contribution in [0.1, 0.15) is 0 Å². The van der Waals surface area contributed by atoms with Crippen LogP contribution in [0.3, 0.4) is 0 Å². The van der Waals surface area contributed by atoms with Crippen molar-refractivity contribution in [1.82, 2.24) is 0 Å². The predicted octanol–water partition coefficient (Wildman–Crippen LogP) is 1.89. The molecule has 7 heteroatoms. The Hall–Kier alpha value is -1.66. The van der Waals surface area contributed by atoms with E-state index < -0.39 is 23.6 Å². The van der Waals surface area contributed by atoms with E-state index >= 15 is 0 Å². The van der Waals surface area contributed by atoms with Crippen molar-refractivity contribution < 1.29 is 22.3 Å². The third-order valence-corrected chi connectivity index (χ3v) is 1.40. The van der Waals surface area contributed by atoms with Crippen LogP contribution in [0, 0.1) is 5.82 Å². The van der Waals surface area contributed by atoms with Crippen molar-refractivity contribution in [2.75, 3.05) is 11.5 Å². The minimum atomic E-state index is -5.00. The zero-order valence-electron chi connectivity index (χ0n) is 6.73. The quantitative estimate of drug-likeness (QED) is 0.549. The van der Waals surface area contributed by atoms with Gasteiger partial charge in [-0.3, -0.25) is 0 Å². The first kappa shape index (κ1) is 10.4. The summed E-state index contributed by atoms with van der Waals surface area (Å²) in [5.41, 5.74) is 9.53. The van der Waals surface area contributed by atoms with Gasteiger partial charge in [-0.05, 0) is 12.1 Å².